The van der Waals surface area contributed by atoms with Gasteiger partial charge in [-0.2, -0.15) is 5.10 Å². The van der Waals surface area contributed by atoms with Crippen LogP contribution in [0.3, 0.4) is 0 Å². The summed E-state index contributed by atoms with van der Waals surface area (Å²) in [6.45, 7) is 1.74. The monoisotopic (exact) mass is 377 g/mol. The van der Waals surface area contributed by atoms with Gasteiger partial charge in [0.1, 0.15) is 11.7 Å². The van der Waals surface area contributed by atoms with E-state index in [2.05, 4.69) is 15.4 Å². The highest BCUT2D eigenvalue weighted by atomic mass is 16.2. The molecule has 1 atom stereocenters. The van der Waals surface area contributed by atoms with Crippen LogP contribution in [0.5, 0.6) is 0 Å². The zero-order chi connectivity index (χ0) is 20.1. The number of ketones is 1. The van der Waals surface area contributed by atoms with Gasteiger partial charge in [-0.05, 0) is 30.7 Å². The molecule has 0 saturated heterocycles. The normalized spacial score (nSPS) is 11.6. The van der Waals surface area contributed by atoms with Crippen molar-refractivity contribution in [3.63, 3.8) is 0 Å². The molecule has 28 heavy (non-hydrogen) atoms. The van der Waals surface area contributed by atoms with Crippen LogP contribution in [0.25, 0.3) is 5.82 Å². The number of hydrogen-bond donors (Lipinski definition) is 2. The number of Topliss-reactive ketones (excluding diaryl/α,β-unsaturated/α-hetero) is 1. The first-order chi connectivity index (χ1) is 13.5. The lowest BCUT2D eigenvalue weighted by atomic mass is 10.0. The summed E-state index contributed by atoms with van der Waals surface area (Å²) in [5, 5.41) is 6.90. The zero-order valence-corrected chi connectivity index (χ0v) is 15.2. The van der Waals surface area contributed by atoms with Crippen molar-refractivity contribution in [1.29, 1.82) is 0 Å². The lowest BCUT2D eigenvalue weighted by molar-refractivity contribution is -0.137. The van der Waals surface area contributed by atoms with Crippen molar-refractivity contribution in [2.24, 2.45) is 5.73 Å². The molecular weight excluding hydrogens is 358 g/mol. The second kappa shape index (κ2) is 8.26. The average Bonchev–Trinajstić information content (AvgIpc) is 3.10. The fraction of sp³-hybridized carbons (Fsp3) is 0.150. The van der Waals surface area contributed by atoms with Gasteiger partial charge in [-0.25, -0.2) is 9.67 Å². The SMILES string of the molecule is Cc1cc(C(=O)N[C@@H](Cc2ccccc2)C(=O)C(N)=O)n(-c2ccccn2)n1. The first kappa shape index (κ1) is 19.0. The number of benzene rings is 1. The summed E-state index contributed by atoms with van der Waals surface area (Å²) in [6.07, 6.45) is 1.73. The fourth-order valence-electron chi connectivity index (χ4n) is 2.78. The number of pyridine rings is 1. The van der Waals surface area contributed by atoms with E-state index in [1.54, 1.807) is 49.5 Å². The number of carbonyl (C=O) groups excluding carboxylic acids is 3. The van der Waals surface area contributed by atoms with Gasteiger partial charge < -0.3 is 11.1 Å². The summed E-state index contributed by atoms with van der Waals surface area (Å²) in [5.41, 5.74) is 6.76. The van der Waals surface area contributed by atoms with Crippen molar-refractivity contribution in [2.75, 3.05) is 0 Å². The van der Waals surface area contributed by atoms with Gasteiger partial charge in [0.2, 0.25) is 5.78 Å². The van der Waals surface area contributed by atoms with Crippen LogP contribution in [0.4, 0.5) is 0 Å². The molecule has 0 fully saturated rings. The number of nitrogens with zero attached hydrogens (tertiary/aromatic N) is 3. The van der Waals surface area contributed by atoms with Crippen molar-refractivity contribution < 1.29 is 14.4 Å². The highest BCUT2D eigenvalue weighted by Gasteiger charge is 2.27. The van der Waals surface area contributed by atoms with E-state index in [1.165, 1.54) is 4.68 Å². The molecule has 2 aromatic heterocycles. The molecule has 8 nitrogen and oxygen atoms in total. The molecule has 0 saturated carbocycles. The van der Waals surface area contributed by atoms with E-state index in [1.807, 2.05) is 18.2 Å². The number of rotatable bonds is 7. The lowest BCUT2D eigenvalue weighted by Gasteiger charge is -2.16. The van der Waals surface area contributed by atoms with E-state index in [0.29, 0.717) is 11.5 Å². The third kappa shape index (κ3) is 4.29. The summed E-state index contributed by atoms with van der Waals surface area (Å²) in [4.78, 5) is 40.8. The smallest absolute Gasteiger partial charge is 0.287 e. The van der Waals surface area contributed by atoms with E-state index in [0.717, 1.165) is 5.56 Å². The summed E-state index contributed by atoms with van der Waals surface area (Å²) in [5.74, 6) is -2.06. The second-order valence-electron chi connectivity index (χ2n) is 6.21. The van der Waals surface area contributed by atoms with Gasteiger partial charge >= 0.3 is 0 Å². The van der Waals surface area contributed by atoms with E-state index in [-0.39, 0.29) is 12.1 Å². The van der Waals surface area contributed by atoms with Crippen LogP contribution in [-0.2, 0) is 16.0 Å². The van der Waals surface area contributed by atoms with Crippen LogP contribution in [0.1, 0.15) is 21.7 Å². The Morgan fingerprint density at radius 1 is 1.11 bits per heavy atom. The molecule has 0 unspecified atom stereocenters. The average molecular weight is 377 g/mol. The van der Waals surface area contributed by atoms with Gasteiger partial charge in [-0.1, -0.05) is 36.4 Å². The Labute approximate surface area is 161 Å². The molecule has 3 aromatic rings. The molecular formula is C20H19N5O3. The molecule has 2 amide bonds. The van der Waals surface area contributed by atoms with Crippen LogP contribution in [-0.4, -0.2) is 38.4 Å². The molecule has 0 aliphatic heterocycles. The maximum absolute atomic E-state index is 12.9. The molecule has 0 bridgehead atoms. The predicted octanol–water partition coefficient (Wildman–Crippen LogP) is 0.971. The van der Waals surface area contributed by atoms with Crippen molar-refractivity contribution in [1.82, 2.24) is 20.1 Å². The second-order valence-corrected chi connectivity index (χ2v) is 6.21. The Morgan fingerprint density at radius 2 is 1.82 bits per heavy atom. The predicted molar refractivity (Wildman–Crippen MR) is 102 cm³/mol. The Morgan fingerprint density at radius 3 is 2.46 bits per heavy atom. The van der Waals surface area contributed by atoms with Crippen LogP contribution in [0.15, 0.2) is 60.8 Å². The van der Waals surface area contributed by atoms with Gasteiger partial charge in [0, 0.05) is 12.6 Å². The maximum atomic E-state index is 12.9. The van der Waals surface area contributed by atoms with Gasteiger partial charge in [-0.15, -0.1) is 0 Å². The molecule has 0 aliphatic rings. The third-order valence-corrected chi connectivity index (χ3v) is 4.08. The number of amides is 2. The molecule has 3 rings (SSSR count). The number of carbonyl (C=O) groups is 3. The number of nitrogens with one attached hydrogen (secondary N) is 1. The lowest BCUT2D eigenvalue weighted by Crippen LogP contribution is -2.47. The number of hydrogen-bond acceptors (Lipinski definition) is 5. The van der Waals surface area contributed by atoms with Crippen LogP contribution < -0.4 is 11.1 Å². The highest BCUT2D eigenvalue weighted by molar-refractivity contribution is 6.38. The van der Waals surface area contributed by atoms with Crippen molar-refractivity contribution in [3.8, 4) is 5.82 Å². The van der Waals surface area contributed by atoms with Crippen molar-refractivity contribution in [2.45, 2.75) is 19.4 Å². The van der Waals surface area contributed by atoms with E-state index in [4.69, 9.17) is 5.73 Å². The van der Waals surface area contributed by atoms with Crippen LogP contribution in [0, 0.1) is 6.92 Å². The Hall–Kier alpha value is -3.81. The van der Waals surface area contributed by atoms with Crippen LogP contribution in [0.2, 0.25) is 0 Å². The molecule has 2 heterocycles. The van der Waals surface area contributed by atoms with Gasteiger partial charge in [0.25, 0.3) is 11.8 Å². The quantitative estimate of drug-likeness (QED) is 0.595. The van der Waals surface area contributed by atoms with E-state index < -0.39 is 23.6 Å². The fourth-order valence-corrected chi connectivity index (χ4v) is 2.78. The topological polar surface area (TPSA) is 120 Å². The number of aryl methyl sites for hydroxylation is 1. The van der Waals surface area contributed by atoms with Crippen molar-refractivity contribution in [3.05, 3.63) is 77.7 Å². The van der Waals surface area contributed by atoms with Crippen molar-refractivity contribution >= 4 is 17.6 Å². The molecule has 8 heteroatoms. The maximum Gasteiger partial charge on any atom is 0.287 e. The summed E-state index contributed by atoms with van der Waals surface area (Å²) in [6, 6.07) is 14.8. The summed E-state index contributed by atoms with van der Waals surface area (Å²) < 4.78 is 1.39. The Bertz CT molecular complexity index is 999. The number of primary amides is 1. The minimum Gasteiger partial charge on any atom is -0.363 e. The highest BCUT2D eigenvalue weighted by Crippen LogP contribution is 2.12. The first-order valence-corrected chi connectivity index (χ1v) is 8.62. The molecule has 1 aromatic carbocycles. The molecule has 3 N–H and O–H groups in total. The summed E-state index contributed by atoms with van der Waals surface area (Å²) >= 11 is 0. The first-order valence-electron chi connectivity index (χ1n) is 8.62. The molecule has 142 valence electrons. The third-order valence-electron chi connectivity index (χ3n) is 4.08. The van der Waals surface area contributed by atoms with Crippen LogP contribution >= 0.6 is 0 Å². The van der Waals surface area contributed by atoms with E-state index in [9.17, 15) is 14.4 Å². The van der Waals surface area contributed by atoms with E-state index >= 15 is 0 Å². The van der Waals surface area contributed by atoms with Gasteiger partial charge in [0.05, 0.1) is 5.69 Å². The molecule has 0 spiro atoms. The number of nitrogens with two attached hydrogens (primary N) is 1. The Kier molecular flexibility index (Phi) is 5.59. The molecule has 0 aliphatic carbocycles. The largest absolute Gasteiger partial charge is 0.363 e. The minimum absolute atomic E-state index is 0.144. The van der Waals surface area contributed by atoms with Gasteiger partial charge in [-0.3, -0.25) is 14.4 Å². The minimum atomic E-state index is -1.10. The number of aromatic nitrogens is 3. The summed E-state index contributed by atoms with van der Waals surface area (Å²) in [7, 11) is 0. The Balaban J connectivity index is 1.88. The van der Waals surface area contributed by atoms with Gasteiger partial charge in [0.15, 0.2) is 5.82 Å². The zero-order valence-electron chi connectivity index (χ0n) is 15.2. The standard InChI is InChI=1S/C20H19N5O3/c1-13-11-16(25(24-13)17-9-5-6-10-22-17)20(28)23-15(18(26)19(21)27)12-14-7-3-2-4-8-14/h2-11,15H,12H2,1H3,(H2,21,27)(H,23,28)/t15-/m0/s1. The molecule has 0 radical (unpaired) electrons.